The van der Waals surface area contributed by atoms with E-state index in [4.69, 9.17) is 4.74 Å². The maximum Gasteiger partial charge on any atom is 0.341 e. The predicted octanol–water partition coefficient (Wildman–Crippen LogP) is 5.37. The van der Waals surface area contributed by atoms with Crippen LogP contribution in [-0.2, 0) is 4.74 Å². The summed E-state index contributed by atoms with van der Waals surface area (Å²) >= 11 is 1.71. The molecule has 0 unspecified atom stereocenters. The number of hydrogen-bond donors (Lipinski definition) is 1. The van der Waals surface area contributed by atoms with Gasteiger partial charge in [0.2, 0.25) is 0 Å². The molecule has 4 heteroatoms. The molecule has 0 fully saturated rings. The quantitative estimate of drug-likeness (QED) is 0.758. The van der Waals surface area contributed by atoms with Gasteiger partial charge in [0.25, 0.3) is 0 Å². The lowest BCUT2D eigenvalue weighted by Gasteiger charge is -2.02. The van der Waals surface area contributed by atoms with E-state index >= 15 is 0 Å². The molecule has 0 saturated carbocycles. The van der Waals surface area contributed by atoms with Gasteiger partial charge in [0.15, 0.2) is 0 Å². The molecule has 1 aromatic heterocycles. The largest absolute Gasteiger partial charge is 0.507 e. The van der Waals surface area contributed by atoms with E-state index in [1.807, 2.05) is 50.6 Å². The first kappa shape index (κ1) is 21.5. The molecule has 0 amide bonds. The molecule has 21 heavy (non-hydrogen) atoms. The minimum Gasteiger partial charge on any atom is -0.507 e. The van der Waals surface area contributed by atoms with Crippen LogP contribution in [0.5, 0.6) is 5.75 Å². The van der Waals surface area contributed by atoms with Crippen molar-refractivity contribution in [1.82, 2.24) is 0 Å². The van der Waals surface area contributed by atoms with Gasteiger partial charge in [-0.1, -0.05) is 52.0 Å². The number of rotatable bonds is 2. The van der Waals surface area contributed by atoms with Crippen molar-refractivity contribution in [2.45, 2.75) is 34.6 Å². The number of para-hydroxylation sites is 1. The summed E-state index contributed by atoms with van der Waals surface area (Å²) in [7, 11) is 0. The maximum absolute atomic E-state index is 11.1. The van der Waals surface area contributed by atoms with E-state index in [1.165, 1.54) is 12.1 Å². The minimum absolute atomic E-state index is 0.0454. The second kappa shape index (κ2) is 16.2. The van der Waals surface area contributed by atoms with Crippen LogP contribution in [0, 0.1) is 0 Å². The van der Waals surface area contributed by atoms with Crippen molar-refractivity contribution in [2.24, 2.45) is 0 Å². The van der Waals surface area contributed by atoms with Crippen molar-refractivity contribution in [3.8, 4) is 5.75 Å². The number of phenolic OH excluding ortho intramolecular Hbond substituents is 1. The van der Waals surface area contributed by atoms with Gasteiger partial charge in [-0.25, -0.2) is 4.79 Å². The van der Waals surface area contributed by atoms with E-state index < -0.39 is 5.97 Å². The van der Waals surface area contributed by atoms with E-state index in [0.717, 1.165) is 0 Å². The van der Waals surface area contributed by atoms with Crippen LogP contribution in [0.25, 0.3) is 0 Å². The number of carbonyl (C=O) groups is 1. The Labute approximate surface area is 132 Å². The van der Waals surface area contributed by atoms with Crippen molar-refractivity contribution in [3.63, 3.8) is 0 Å². The second-order valence-electron chi connectivity index (χ2n) is 3.03. The first-order valence-electron chi connectivity index (χ1n) is 7.18. The lowest BCUT2D eigenvalue weighted by molar-refractivity contribution is 0.0523. The fourth-order valence-corrected chi connectivity index (χ4v) is 1.54. The summed E-state index contributed by atoms with van der Waals surface area (Å²) in [5.74, 6) is -0.536. The van der Waals surface area contributed by atoms with E-state index in [1.54, 1.807) is 30.4 Å². The second-order valence-corrected chi connectivity index (χ2v) is 3.85. The average molecular weight is 310 g/mol. The van der Waals surface area contributed by atoms with Crippen LogP contribution >= 0.6 is 11.3 Å². The van der Waals surface area contributed by atoms with Gasteiger partial charge in [-0.05, 0) is 29.8 Å². The van der Waals surface area contributed by atoms with E-state index in [2.05, 4.69) is 0 Å². The van der Waals surface area contributed by atoms with Crippen LogP contribution in [0.2, 0.25) is 0 Å². The van der Waals surface area contributed by atoms with Crippen LogP contribution in [0.15, 0.2) is 47.2 Å². The molecule has 3 nitrogen and oxygen atoms in total. The standard InChI is InChI=1S/C9H10O3.C4H4S.2C2H6/c1-2-12-9(11)7-5-3-4-6-8(7)10;1-2-4-5-3-1;2*1-2/h3-6,10H,2H2,1H3;1-4H;2*1-2H3. The zero-order chi connectivity index (χ0) is 16.5. The number of thiophene rings is 1. The molecule has 0 atom stereocenters. The summed E-state index contributed by atoms with van der Waals surface area (Å²) in [5, 5.41) is 13.3. The third kappa shape index (κ3) is 10.6. The Balaban J connectivity index is 0. The summed E-state index contributed by atoms with van der Waals surface area (Å²) in [6, 6.07) is 10.3. The van der Waals surface area contributed by atoms with Crippen molar-refractivity contribution in [1.29, 1.82) is 0 Å². The van der Waals surface area contributed by atoms with Gasteiger partial charge < -0.3 is 9.84 Å². The number of carbonyl (C=O) groups excluding carboxylic acids is 1. The Bertz CT molecular complexity index is 422. The van der Waals surface area contributed by atoms with Gasteiger partial charge in [-0.2, -0.15) is 11.3 Å². The normalized spacial score (nSPS) is 7.86. The minimum atomic E-state index is -0.490. The Kier molecular flexibility index (Phi) is 16.6. The zero-order valence-corrected chi connectivity index (χ0v) is 14.3. The molecular weight excluding hydrogens is 284 g/mol. The molecule has 1 N–H and O–H groups in total. The number of ether oxygens (including phenoxy) is 1. The van der Waals surface area contributed by atoms with E-state index in [9.17, 15) is 9.90 Å². The molecule has 0 aliphatic heterocycles. The smallest absolute Gasteiger partial charge is 0.341 e. The molecule has 1 aromatic carbocycles. The van der Waals surface area contributed by atoms with Crippen molar-refractivity contribution >= 4 is 17.3 Å². The Morgan fingerprint density at radius 3 is 1.95 bits per heavy atom. The molecule has 0 saturated heterocycles. The van der Waals surface area contributed by atoms with Crippen LogP contribution in [0.1, 0.15) is 45.0 Å². The number of benzene rings is 1. The predicted molar refractivity (Wildman–Crippen MR) is 91.1 cm³/mol. The highest BCUT2D eigenvalue weighted by molar-refractivity contribution is 7.07. The zero-order valence-electron chi connectivity index (χ0n) is 13.5. The third-order valence-corrected chi connectivity index (χ3v) is 2.45. The lowest BCUT2D eigenvalue weighted by Crippen LogP contribution is -2.04. The molecule has 0 aliphatic rings. The summed E-state index contributed by atoms with van der Waals surface area (Å²) < 4.78 is 4.71. The molecule has 118 valence electrons. The summed E-state index contributed by atoms with van der Waals surface area (Å²) in [6.07, 6.45) is 0. The number of phenols is 1. The molecule has 0 radical (unpaired) electrons. The fourth-order valence-electron chi connectivity index (χ4n) is 1.08. The van der Waals surface area contributed by atoms with Crippen LogP contribution in [0.3, 0.4) is 0 Å². The van der Waals surface area contributed by atoms with Gasteiger partial charge in [-0.3, -0.25) is 0 Å². The van der Waals surface area contributed by atoms with Crippen molar-refractivity contribution in [2.75, 3.05) is 6.61 Å². The number of hydrogen-bond acceptors (Lipinski definition) is 4. The van der Waals surface area contributed by atoms with Gasteiger partial charge in [0.1, 0.15) is 11.3 Å². The first-order valence-corrected chi connectivity index (χ1v) is 8.12. The van der Waals surface area contributed by atoms with Crippen LogP contribution in [-0.4, -0.2) is 17.7 Å². The fraction of sp³-hybridized carbons (Fsp3) is 0.353. The highest BCUT2D eigenvalue weighted by atomic mass is 32.1. The summed E-state index contributed by atoms with van der Waals surface area (Å²) in [4.78, 5) is 11.1. The average Bonchev–Trinajstić information content (AvgIpc) is 3.11. The Morgan fingerprint density at radius 2 is 1.57 bits per heavy atom. The molecular formula is C17H26O3S. The van der Waals surface area contributed by atoms with E-state index in [-0.39, 0.29) is 11.3 Å². The third-order valence-electron chi connectivity index (χ3n) is 1.82. The van der Waals surface area contributed by atoms with Gasteiger partial charge >= 0.3 is 5.97 Å². The molecule has 0 aliphatic carbocycles. The molecule has 1 heterocycles. The molecule has 2 aromatic rings. The monoisotopic (exact) mass is 310 g/mol. The Hall–Kier alpha value is -1.81. The number of aromatic hydroxyl groups is 1. The van der Waals surface area contributed by atoms with Crippen LogP contribution in [0.4, 0.5) is 0 Å². The maximum atomic E-state index is 11.1. The molecule has 0 spiro atoms. The van der Waals surface area contributed by atoms with Gasteiger partial charge in [0, 0.05) is 0 Å². The van der Waals surface area contributed by atoms with E-state index in [0.29, 0.717) is 6.61 Å². The molecule has 2 rings (SSSR count). The topological polar surface area (TPSA) is 46.5 Å². The SMILES string of the molecule is CC.CC.CCOC(=O)c1ccccc1O.c1ccsc1. The van der Waals surface area contributed by atoms with Crippen LogP contribution < -0.4 is 0 Å². The summed E-state index contributed by atoms with van der Waals surface area (Å²) in [5.41, 5.74) is 0.208. The Morgan fingerprint density at radius 1 is 1.05 bits per heavy atom. The highest BCUT2D eigenvalue weighted by Crippen LogP contribution is 2.16. The van der Waals surface area contributed by atoms with Crippen molar-refractivity contribution < 1.29 is 14.6 Å². The first-order chi connectivity index (χ1) is 10.3. The summed E-state index contributed by atoms with van der Waals surface area (Å²) in [6.45, 7) is 10.0. The highest BCUT2D eigenvalue weighted by Gasteiger charge is 2.09. The molecule has 0 bridgehead atoms. The van der Waals surface area contributed by atoms with Gasteiger partial charge in [-0.15, -0.1) is 0 Å². The number of esters is 1. The lowest BCUT2D eigenvalue weighted by atomic mass is 10.2. The van der Waals surface area contributed by atoms with Gasteiger partial charge in [0.05, 0.1) is 6.61 Å². The van der Waals surface area contributed by atoms with Crippen molar-refractivity contribution in [3.05, 3.63) is 52.7 Å².